The van der Waals surface area contributed by atoms with Crippen LogP contribution in [-0.4, -0.2) is 39.6 Å². The Labute approximate surface area is 215 Å². The highest BCUT2D eigenvalue weighted by molar-refractivity contribution is 5.94. The summed E-state index contributed by atoms with van der Waals surface area (Å²) >= 11 is 0. The summed E-state index contributed by atoms with van der Waals surface area (Å²) in [5, 5.41) is 7.89. The number of carbonyl (C=O) groups is 2. The highest BCUT2D eigenvalue weighted by atomic mass is 16.2. The van der Waals surface area contributed by atoms with Gasteiger partial charge in [-0.25, -0.2) is 4.68 Å². The van der Waals surface area contributed by atoms with Gasteiger partial charge in [-0.15, -0.1) is 0 Å². The van der Waals surface area contributed by atoms with Crippen molar-refractivity contribution >= 4 is 17.6 Å². The van der Waals surface area contributed by atoms with Gasteiger partial charge >= 0.3 is 0 Å². The number of anilines is 1. The van der Waals surface area contributed by atoms with Crippen LogP contribution in [0.4, 0.5) is 5.82 Å². The van der Waals surface area contributed by atoms with Crippen LogP contribution in [0.1, 0.15) is 63.4 Å². The molecule has 2 amide bonds. The molecule has 2 aromatic carbocycles. The molecule has 36 heavy (non-hydrogen) atoms. The van der Waals surface area contributed by atoms with Gasteiger partial charge in [-0.3, -0.25) is 9.59 Å². The summed E-state index contributed by atoms with van der Waals surface area (Å²) in [5.41, 5.74) is 4.99. The van der Waals surface area contributed by atoms with Gasteiger partial charge in [0.1, 0.15) is 5.82 Å². The van der Waals surface area contributed by atoms with Crippen molar-refractivity contribution < 1.29 is 9.59 Å². The van der Waals surface area contributed by atoms with E-state index in [1.807, 2.05) is 55.5 Å². The zero-order valence-corrected chi connectivity index (χ0v) is 22.8. The van der Waals surface area contributed by atoms with Gasteiger partial charge < -0.3 is 10.2 Å². The summed E-state index contributed by atoms with van der Waals surface area (Å²) in [7, 11) is 0. The van der Waals surface area contributed by atoms with E-state index in [4.69, 9.17) is 5.10 Å². The van der Waals surface area contributed by atoms with Crippen molar-refractivity contribution in [2.24, 2.45) is 5.92 Å². The zero-order chi connectivity index (χ0) is 26.5. The van der Waals surface area contributed by atoms with E-state index in [9.17, 15) is 9.59 Å². The van der Waals surface area contributed by atoms with E-state index in [0.29, 0.717) is 25.2 Å². The van der Waals surface area contributed by atoms with Crippen LogP contribution < -0.4 is 5.32 Å². The number of hydrogen-bond acceptors (Lipinski definition) is 3. The van der Waals surface area contributed by atoms with Crippen LogP contribution in [0, 0.1) is 19.8 Å². The van der Waals surface area contributed by atoms with Crippen LogP contribution in [0.2, 0.25) is 0 Å². The van der Waals surface area contributed by atoms with Crippen molar-refractivity contribution in [1.82, 2.24) is 14.7 Å². The summed E-state index contributed by atoms with van der Waals surface area (Å²) in [5.74, 6) is 0.626. The first-order chi connectivity index (χ1) is 16.9. The van der Waals surface area contributed by atoms with Crippen LogP contribution in [0.25, 0.3) is 5.69 Å². The fraction of sp³-hybridized carbons (Fsp3) is 0.433. The highest BCUT2D eigenvalue weighted by Gasteiger charge is 2.24. The van der Waals surface area contributed by atoms with Crippen molar-refractivity contribution in [3.05, 3.63) is 77.0 Å². The van der Waals surface area contributed by atoms with Crippen molar-refractivity contribution in [1.29, 1.82) is 0 Å². The molecule has 6 heteroatoms. The van der Waals surface area contributed by atoms with E-state index >= 15 is 0 Å². The molecule has 3 aromatic rings. The third-order valence-electron chi connectivity index (χ3n) is 6.07. The van der Waals surface area contributed by atoms with Crippen molar-refractivity contribution in [2.45, 2.75) is 66.7 Å². The summed E-state index contributed by atoms with van der Waals surface area (Å²) in [4.78, 5) is 28.0. The second kappa shape index (κ2) is 11.5. The van der Waals surface area contributed by atoms with Gasteiger partial charge in [0.15, 0.2) is 0 Å². The molecule has 0 atom stereocenters. The molecule has 0 saturated carbocycles. The largest absolute Gasteiger partial charge is 0.333 e. The van der Waals surface area contributed by atoms with E-state index in [0.717, 1.165) is 22.5 Å². The molecule has 0 aliphatic carbocycles. The molecule has 1 aromatic heterocycles. The van der Waals surface area contributed by atoms with Crippen LogP contribution >= 0.6 is 0 Å². The molecular formula is C30H40N4O2. The van der Waals surface area contributed by atoms with Crippen LogP contribution in [0.3, 0.4) is 0 Å². The smallest absolute Gasteiger partial charge is 0.245 e. The van der Waals surface area contributed by atoms with E-state index < -0.39 is 0 Å². The number of rotatable bonds is 9. The first-order valence-corrected chi connectivity index (χ1v) is 12.7. The Morgan fingerprint density at radius 2 is 1.72 bits per heavy atom. The maximum absolute atomic E-state index is 13.2. The lowest BCUT2D eigenvalue weighted by molar-refractivity contribution is -0.135. The van der Waals surface area contributed by atoms with Crippen LogP contribution in [-0.2, 0) is 21.4 Å². The monoisotopic (exact) mass is 488 g/mol. The lowest BCUT2D eigenvalue weighted by Gasteiger charge is -2.24. The number of amides is 2. The summed E-state index contributed by atoms with van der Waals surface area (Å²) in [6.07, 6.45) is 1.03. The molecule has 1 N–H and O–H groups in total. The molecule has 0 bridgehead atoms. The first kappa shape index (κ1) is 27.2. The maximum atomic E-state index is 13.2. The molecule has 0 unspecified atom stereocenters. The van der Waals surface area contributed by atoms with Crippen molar-refractivity contribution in [3.8, 4) is 5.69 Å². The molecule has 0 aliphatic heterocycles. The molecule has 6 nitrogen and oxygen atoms in total. The van der Waals surface area contributed by atoms with Crippen LogP contribution in [0.5, 0.6) is 0 Å². The average molecular weight is 489 g/mol. The maximum Gasteiger partial charge on any atom is 0.245 e. The molecule has 0 saturated heterocycles. The minimum atomic E-state index is -0.227. The van der Waals surface area contributed by atoms with Crippen LogP contribution in [0.15, 0.2) is 54.6 Å². The number of aromatic nitrogens is 2. The summed E-state index contributed by atoms with van der Waals surface area (Å²) in [6, 6.07) is 18.1. The summed E-state index contributed by atoms with van der Waals surface area (Å²) in [6.45, 7) is 15.1. The van der Waals surface area contributed by atoms with E-state index in [1.165, 1.54) is 5.56 Å². The fourth-order valence-electron chi connectivity index (χ4n) is 4.17. The Morgan fingerprint density at radius 3 is 2.33 bits per heavy atom. The molecule has 0 radical (unpaired) electrons. The molecule has 3 rings (SSSR count). The van der Waals surface area contributed by atoms with Gasteiger partial charge in [-0.2, -0.15) is 5.10 Å². The highest BCUT2D eigenvalue weighted by Crippen LogP contribution is 2.28. The minimum absolute atomic E-state index is 0.00865. The molecule has 0 aliphatic rings. The summed E-state index contributed by atoms with van der Waals surface area (Å²) < 4.78 is 1.80. The zero-order valence-electron chi connectivity index (χ0n) is 22.8. The van der Waals surface area contributed by atoms with Gasteiger partial charge in [0.05, 0.1) is 17.9 Å². The Hall–Kier alpha value is -3.41. The van der Waals surface area contributed by atoms with Crippen molar-refractivity contribution in [3.63, 3.8) is 0 Å². The standard InChI is InChI=1S/C30H40N4O2/c1-21(2)19-33(29(36)16-14-24-11-9-8-10-12-24)20-28(35)31-27-18-26(30(5,6)7)32-34(27)25-15-13-22(3)17-23(25)4/h8-13,15,17-18,21H,14,16,19-20H2,1-7H3,(H,31,35). The second-order valence-electron chi connectivity index (χ2n) is 11.1. The molecular weight excluding hydrogens is 448 g/mol. The quantitative estimate of drug-likeness (QED) is 0.411. The number of aryl methyl sites for hydroxylation is 3. The number of hydrogen-bond donors (Lipinski definition) is 1. The predicted molar refractivity (Wildman–Crippen MR) is 147 cm³/mol. The minimum Gasteiger partial charge on any atom is -0.333 e. The lowest BCUT2D eigenvalue weighted by atomic mass is 9.92. The van der Waals surface area contributed by atoms with Gasteiger partial charge in [0.25, 0.3) is 0 Å². The third kappa shape index (κ3) is 7.30. The Kier molecular flexibility index (Phi) is 8.72. The van der Waals surface area contributed by atoms with Gasteiger partial charge in [0.2, 0.25) is 11.8 Å². The normalized spacial score (nSPS) is 11.6. The Balaban J connectivity index is 1.80. The average Bonchev–Trinajstić information content (AvgIpc) is 3.21. The number of nitrogens with zero attached hydrogens (tertiary/aromatic N) is 3. The molecule has 1 heterocycles. The third-order valence-corrected chi connectivity index (χ3v) is 6.07. The number of nitrogens with one attached hydrogen (secondary N) is 1. The molecule has 192 valence electrons. The van der Waals surface area contributed by atoms with E-state index in [1.54, 1.807) is 9.58 Å². The van der Waals surface area contributed by atoms with Gasteiger partial charge in [-0.05, 0) is 43.4 Å². The van der Waals surface area contributed by atoms with Gasteiger partial charge in [-0.1, -0.05) is 82.6 Å². The van der Waals surface area contributed by atoms with Crippen molar-refractivity contribution in [2.75, 3.05) is 18.4 Å². The number of benzene rings is 2. The van der Waals surface area contributed by atoms with E-state index in [-0.39, 0.29) is 29.7 Å². The SMILES string of the molecule is Cc1ccc(-n2nc(C(C)(C)C)cc2NC(=O)CN(CC(C)C)C(=O)CCc2ccccc2)c(C)c1. The van der Waals surface area contributed by atoms with E-state index in [2.05, 4.69) is 52.9 Å². The first-order valence-electron chi connectivity index (χ1n) is 12.7. The molecule has 0 fully saturated rings. The second-order valence-corrected chi connectivity index (χ2v) is 11.1. The predicted octanol–water partition coefficient (Wildman–Crippen LogP) is 5.84. The fourth-order valence-corrected chi connectivity index (χ4v) is 4.17. The Morgan fingerprint density at radius 1 is 1.03 bits per heavy atom. The Bertz CT molecular complexity index is 1190. The molecule has 0 spiro atoms. The topological polar surface area (TPSA) is 67.2 Å². The van der Waals surface area contributed by atoms with Gasteiger partial charge in [0, 0.05) is 24.4 Å². The number of carbonyl (C=O) groups excluding carboxylic acids is 2. The lowest BCUT2D eigenvalue weighted by Crippen LogP contribution is -2.40.